The number of hydrogen-bond donors (Lipinski definition) is 0. The minimum Gasteiger partial charge on any atom is -0.376 e. The third-order valence-corrected chi connectivity index (χ3v) is 4.55. The summed E-state index contributed by atoms with van der Waals surface area (Å²) in [5, 5.41) is 0. The molecule has 6 heteroatoms. The fraction of sp³-hybridized carbons (Fsp3) is 0.400. The highest BCUT2D eigenvalue weighted by Gasteiger charge is 2.23. The van der Waals surface area contributed by atoms with E-state index >= 15 is 0 Å². The highest BCUT2D eigenvalue weighted by molar-refractivity contribution is 5.76. The van der Waals surface area contributed by atoms with Gasteiger partial charge in [-0.05, 0) is 48.6 Å². The first-order valence-electron chi connectivity index (χ1n) is 8.84. The maximum Gasteiger partial charge on any atom is 0.223 e. The summed E-state index contributed by atoms with van der Waals surface area (Å²) >= 11 is 0. The van der Waals surface area contributed by atoms with Crippen molar-refractivity contribution in [1.29, 1.82) is 0 Å². The predicted molar refractivity (Wildman–Crippen MR) is 93.3 cm³/mol. The van der Waals surface area contributed by atoms with Gasteiger partial charge < -0.3 is 9.64 Å². The van der Waals surface area contributed by atoms with Crippen LogP contribution in [-0.4, -0.2) is 35.0 Å². The van der Waals surface area contributed by atoms with Crippen LogP contribution in [0.25, 0.3) is 0 Å². The summed E-state index contributed by atoms with van der Waals surface area (Å²) in [7, 11) is 0. The molecule has 0 radical (unpaired) electrons. The van der Waals surface area contributed by atoms with Gasteiger partial charge in [-0.3, -0.25) is 9.78 Å². The van der Waals surface area contributed by atoms with E-state index in [0.29, 0.717) is 18.7 Å². The van der Waals surface area contributed by atoms with Crippen molar-refractivity contribution < 1.29 is 18.3 Å². The van der Waals surface area contributed by atoms with Gasteiger partial charge >= 0.3 is 0 Å². The van der Waals surface area contributed by atoms with Crippen molar-refractivity contribution in [2.45, 2.75) is 38.3 Å². The van der Waals surface area contributed by atoms with E-state index in [2.05, 4.69) is 4.98 Å². The van der Waals surface area contributed by atoms with Crippen LogP contribution in [0, 0.1) is 11.6 Å². The number of carbonyl (C=O) groups is 1. The van der Waals surface area contributed by atoms with E-state index in [1.54, 1.807) is 17.3 Å². The maximum atomic E-state index is 13.8. The lowest BCUT2D eigenvalue weighted by Crippen LogP contribution is -2.37. The molecular formula is C20H22F2N2O2. The van der Waals surface area contributed by atoms with Gasteiger partial charge in [0.15, 0.2) is 0 Å². The lowest BCUT2D eigenvalue weighted by atomic mass is 10.1. The van der Waals surface area contributed by atoms with Gasteiger partial charge in [-0.1, -0.05) is 6.07 Å². The molecular weight excluding hydrogens is 338 g/mol. The Balaban J connectivity index is 1.64. The van der Waals surface area contributed by atoms with Gasteiger partial charge in [0.05, 0.1) is 6.10 Å². The van der Waals surface area contributed by atoms with Crippen molar-refractivity contribution in [1.82, 2.24) is 9.88 Å². The first-order valence-corrected chi connectivity index (χ1v) is 8.84. The van der Waals surface area contributed by atoms with Crippen molar-refractivity contribution in [3.63, 3.8) is 0 Å². The minimum absolute atomic E-state index is 0.0448. The minimum atomic E-state index is -0.615. The molecule has 1 aliphatic rings. The van der Waals surface area contributed by atoms with Crippen LogP contribution in [-0.2, 0) is 22.5 Å². The second-order valence-corrected chi connectivity index (χ2v) is 6.50. The molecule has 26 heavy (non-hydrogen) atoms. The number of pyridine rings is 1. The van der Waals surface area contributed by atoms with Gasteiger partial charge in [0, 0.05) is 44.6 Å². The third kappa shape index (κ3) is 5.08. The molecule has 138 valence electrons. The molecule has 1 unspecified atom stereocenters. The van der Waals surface area contributed by atoms with Gasteiger partial charge in [-0.25, -0.2) is 8.78 Å². The van der Waals surface area contributed by atoms with Crippen LogP contribution >= 0.6 is 0 Å². The molecule has 2 aromatic rings. The Morgan fingerprint density at radius 1 is 1.23 bits per heavy atom. The molecule has 1 aliphatic heterocycles. The predicted octanol–water partition coefficient (Wildman–Crippen LogP) is 3.50. The number of ether oxygens (including phenoxy) is 1. The average molecular weight is 360 g/mol. The first kappa shape index (κ1) is 18.5. The first-order chi connectivity index (χ1) is 12.6. The van der Waals surface area contributed by atoms with Crippen molar-refractivity contribution in [3.05, 3.63) is 65.5 Å². The number of amides is 1. The van der Waals surface area contributed by atoms with Crippen LogP contribution in [0.1, 0.15) is 30.4 Å². The zero-order chi connectivity index (χ0) is 18.4. The summed E-state index contributed by atoms with van der Waals surface area (Å²) in [6.45, 7) is 1.71. The standard InChI is InChI=1S/C20H22F2N2O2/c21-17-5-3-16(19(22)12-17)4-6-20(25)24(14-18-2-1-11-26-18)13-15-7-9-23-10-8-15/h3,5,7-10,12,18H,1-2,4,6,11,13-14H2. The summed E-state index contributed by atoms with van der Waals surface area (Å²) in [6, 6.07) is 7.20. The fourth-order valence-electron chi connectivity index (χ4n) is 3.12. The molecule has 0 saturated carbocycles. The molecule has 1 saturated heterocycles. The highest BCUT2D eigenvalue weighted by Crippen LogP contribution is 2.17. The van der Waals surface area contributed by atoms with E-state index in [4.69, 9.17) is 4.74 Å². The summed E-state index contributed by atoms with van der Waals surface area (Å²) in [4.78, 5) is 18.5. The Labute approximate surface area is 151 Å². The Morgan fingerprint density at radius 2 is 2.04 bits per heavy atom. The Morgan fingerprint density at radius 3 is 2.73 bits per heavy atom. The number of nitrogens with zero attached hydrogens (tertiary/aromatic N) is 2. The van der Waals surface area contributed by atoms with E-state index in [9.17, 15) is 13.6 Å². The van der Waals surface area contributed by atoms with Crippen LogP contribution in [0.4, 0.5) is 8.78 Å². The van der Waals surface area contributed by atoms with Crippen LogP contribution < -0.4 is 0 Å². The quantitative estimate of drug-likeness (QED) is 0.759. The van der Waals surface area contributed by atoms with E-state index in [-0.39, 0.29) is 24.9 Å². The van der Waals surface area contributed by atoms with Gasteiger partial charge in [0.25, 0.3) is 0 Å². The van der Waals surface area contributed by atoms with Gasteiger partial charge in [-0.15, -0.1) is 0 Å². The normalized spacial score (nSPS) is 16.6. The summed E-state index contributed by atoms with van der Waals surface area (Å²) < 4.78 is 32.5. The number of hydrogen-bond acceptors (Lipinski definition) is 3. The molecule has 1 fully saturated rings. The lowest BCUT2D eigenvalue weighted by molar-refractivity contribution is -0.133. The molecule has 1 amide bonds. The highest BCUT2D eigenvalue weighted by atomic mass is 19.1. The van der Waals surface area contributed by atoms with Crippen LogP contribution in [0.3, 0.4) is 0 Å². The average Bonchev–Trinajstić information content (AvgIpc) is 3.14. The van der Waals surface area contributed by atoms with Crippen LogP contribution in [0.5, 0.6) is 0 Å². The van der Waals surface area contributed by atoms with Crippen molar-refractivity contribution >= 4 is 5.91 Å². The molecule has 1 aromatic carbocycles. The Kier molecular flexibility index (Phi) is 6.28. The fourth-order valence-corrected chi connectivity index (χ4v) is 3.12. The van der Waals surface area contributed by atoms with Crippen molar-refractivity contribution in [3.8, 4) is 0 Å². The molecule has 1 atom stereocenters. The largest absolute Gasteiger partial charge is 0.376 e. The summed E-state index contributed by atoms with van der Waals surface area (Å²) in [6.07, 6.45) is 5.78. The third-order valence-electron chi connectivity index (χ3n) is 4.55. The van der Waals surface area contributed by atoms with E-state index in [0.717, 1.165) is 31.1 Å². The monoisotopic (exact) mass is 360 g/mol. The number of carbonyl (C=O) groups excluding carboxylic acids is 1. The maximum absolute atomic E-state index is 13.8. The smallest absolute Gasteiger partial charge is 0.223 e. The SMILES string of the molecule is O=C(CCc1ccc(F)cc1F)N(Cc1ccncc1)CC1CCCO1. The van der Waals surface area contributed by atoms with Gasteiger partial charge in [-0.2, -0.15) is 0 Å². The second-order valence-electron chi connectivity index (χ2n) is 6.50. The van der Waals surface area contributed by atoms with E-state index in [1.165, 1.54) is 12.1 Å². The van der Waals surface area contributed by atoms with Gasteiger partial charge in [0.1, 0.15) is 11.6 Å². The molecule has 0 spiro atoms. The Hall–Kier alpha value is -2.34. The molecule has 0 aliphatic carbocycles. The molecule has 0 N–H and O–H groups in total. The topological polar surface area (TPSA) is 42.4 Å². The Bertz CT molecular complexity index is 734. The number of halogens is 2. The number of rotatable bonds is 7. The molecule has 0 bridgehead atoms. The van der Waals surface area contributed by atoms with Crippen LogP contribution in [0.15, 0.2) is 42.7 Å². The molecule has 2 heterocycles. The lowest BCUT2D eigenvalue weighted by Gasteiger charge is -2.26. The molecule has 1 aromatic heterocycles. The molecule has 3 rings (SSSR count). The number of benzene rings is 1. The van der Waals surface area contributed by atoms with E-state index < -0.39 is 11.6 Å². The van der Waals surface area contributed by atoms with E-state index in [1.807, 2.05) is 12.1 Å². The number of aryl methyl sites for hydroxylation is 1. The summed E-state index contributed by atoms with van der Waals surface area (Å²) in [5.74, 6) is -1.30. The van der Waals surface area contributed by atoms with Crippen LogP contribution in [0.2, 0.25) is 0 Å². The second kappa shape index (κ2) is 8.85. The molecule has 4 nitrogen and oxygen atoms in total. The van der Waals surface area contributed by atoms with Crippen molar-refractivity contribution in [2.75, 3.05) is 13.2 Å². The zero-order valence-corrected chi connectivity index (χ0v) is 14.5. The zero-order valence-electron chi connectivity index (χ0n) is 14.5. The number of aromatic nitrogens is 1. The van der Waals surface area contributed by atoms with Gasteiger partial charge in [0.2, 0.25) is 5.91 Å². The van der Waals surface area contributed by atoms with Crippen molar-refractivity contribution in [2.24, 2.45) is 0 Å². The summed E-state index contributed by atoms with van der Waals surface area (Å²) in [5.41, 5.74) is 1.33.